The van der Waals surface area contributed by atoms with E-state index < -0.39 is 0 Å². The smallest absolute Gasteiger partial charge is 0.0180 e. The van der Waals surface area contributed by atoms with Gasteiger partial charge in [-0.2, -0.15) is 0 Å². The quantitative estimate of drug-likeness (QED) is 0.303. The molecular formula is C47H48NP. The summed E-state index contributed by atoms with van der Waals surface area (Å²) in [5, 5.41) is 0. The van der Waals surface area contributed by atoms with E-state index in [1.807, 2.05) is 0 Å². The first-order valence-electron chi connectivity index (χ1n) is 22.7. The number of rotatable bonds is 0. The van der Waals surface area contributed by atoms with Crippen LogP contribution >= 0.6 is 9.24 Å². The molecule has 37 atom stereocenters. The Kier molecular flexibility index (Phi) is 1.48. The van der Waals surface area contributed by atoms with E-state index >= 15 is 0 Å². The predicted molar refractivity (Wildman–Crippen MR) is 176 cm³/mol. The lowest BCUT2D eigenvalue weighted by atomic mass is 8.43. The second-order valence-corrected chi connectivity index (χ2v) is 29.6. The molecule has 49 heavy (non-hydrogen) atoms. The summed E-state index contributed by atoms with van der Waals surface area (Å²) in [6.07, 6.45) is 3.38. The zero-order valence-corrected chi connectivity index (χ0v) is 31.7. The van der Waals surface area contributed by atoms with E-state index in [1.54, 1.807) is 12.8 Å². The second-order valence-electron chi connectivity index (χ2n) is 28.9. The molecule has 2 N–H and O–H groups in total. The van der Waals surface area contributed by atoms with Gasteiger partial charge in [-0.3, -0.25) is 0 Å². The molecule has 0 aromatic heterocycles. The normalized spacial score (nSPS) is 120. The maximum atomic E-state index is 8.06. The molecule has 0 bridgehead atoms. The lowest BCUT2D eigenvalue weighted by Gasteiger charge is -3.59. The molecule has 25 saturated carbocycles. The summed E-state index contributed by atoms with van der Waals surface area (Å²) < 4.78 is 0. The van der Waals surface area contributed by atoms with Gasteiger partial charge in [0.05, 0.1) is 0 Å². The topological polar surface area (TPSA) is 26.0 Å². The lowest BCUT2D eigenvalue weighted by molar-refractivity contribution is -1.15. The summed E-state index contributed by atoms with van der Waals surface area (Å²) in [5.41, 5.74) is 25.9. The Hall–Kier alpha value is 0.390. The van der Waals surface area contributed by atoms with E-state index in [2.05, 4.69) is 71.6 Å². The molecular weight excluding hydrogens is 609 g/mol. The van der Waals surface area contributed by atoms with Gasteiger partial charge in [0.25, 0.3) is 0 Å². The van der Waals surface area contributed by atoms with Crippen LogP contribution in [0.2, 0.25) is 0 Å². The monoisotopic (exact) mass is 657 g/mol. The maximum Gasteiger partial charge on any atom is 0.0180 e. The van der Waals surface area contributed by atoms with E-state index in [1.165, 1.54) is 23.7 Å². The Bertz CT molecular complexity index is 2680. The number of hydrogen-bond donors (Lipinski definition) is 1. The number of fused-ring (bicyclic) bond motifs is 11. The molecule has 16 spiro atoms. The van der Waals surface area contributed by atoms with Crippen molar-refractivity contribution in [3.05, 3.63) is 0 Å². The van der Waals surface area contributed by atoms with Crippen molar-refractivity contribution in [2.75, 3.05) is 0 Å². The third kappa shape index (κ3) is 0.525. The van der Waals surface area contributed by atoms with Crippen molar-refractivity contribution in [2.45, 2.75) is 86.9 Å². The highest BCUT2D eigenvalue weighted by atomic mass is 31.0. The van der Waals surface area contributed by atoms with Crippen molar-refractivity contribution in [3.8, 4) is 0 Å². The molecule has 2 heteroatoms. The van der Waals surface area contributed by atoms with E-state index in [-0.39, 0.29) is 0 Å². The Morgan fingerprint density at radius 2 is 0.939 bits per heavy atom. The molecule has 0 aliphatic heterocycles. The summed E-state index contributed by atoms with van der Waals surface area (Å²) in [4.78, 5) is 0. The van der Waals surface area contributed by atoms with Gasteiger partial charge in [-0.1, -0.05) is 62.3 Å². The molecule has 25 aliphatic rings. The van der Waals surface area contributed by atoms with Crippen molar-refractivity contribution in [2.24, 2.45) is 195 Å². The van der Waals surface area contributed by atoms with Crippen molar-refractivity contribution in [1.82, 2.24) is 0 Å². The van der Waals surface area contributed by atoms with Crippen LogP contribution < -0.4 is 5.73 Å². The lowest BCUT2D eigenvalue weighted by Crippen LogP contribution is -3.59. The van der Waals surface area contributed by atoms with Crippen molar-refractivity contribution in [1.29, 1.82) is 0 Å². The van der Waals surface area contributed by atoms with Crippen LogP contribution in [0.5, 0.6) is 0 Å². The average molecular weight is 658 g/mol. The summed E-state index contributed by atoms with van der Waals surface area (Å²) in [7, 11) is 3.69. The van der Waals surface area contributed by atoms with Crippen LogP contribution in [0, 0.1) is 190 Å². The minimum Gasteiger partial charge on any atom is -0.327 e. The predicted octanol–water partition coefficient (Wildman–Crippen LogP) is 6.32. The van der Waals surface area contributed by atoms with Gasteiger partial charge in [-0.05, 0) is 197 Å². The zero-order valence-electron chi connectivity index (χ0n) is 30.6. The van der Waals surface area contributed by atoms with Crippen LogP contribution in [0.15, 0.2) is 0 Å². The average Bonchev–Trinajstić information content (AvgIpc) is 3.01. The Balaban J connectivity index is 0.944. The highest BCUT2D eigenvalue weighted by Crippen LogP contribution is 3.62. The number of nitrogens with two attached hydrogens (primary N) is 1. The molecule has 25 fully saturated rings. The van der Waals surface area contributed by atoms with E-state index in [9.17, 15) is 0 Å². The Morgan fingerprint density at radius 1 is 0.449 bits per heavy atom. The largest absolute Gasteiger partial charge is 0.327 e. The molecule has 37 unspecified atom stereocenters. The number of hydrogen-bond acceptors (Lipinski definition) is 1. The van der Waals surface area contributed by atoms with Crippen LogP contribution in [0.4, 0.5) is 0 Å². The van der Waals surface area contributed by atoms with Crippen molar-refractivity contribution < 1.29 is 0 Å². The van der Waals surface area contributed by atoms with Crippen LogP contribution in [0.25, 0.3) is 0 Å². The maximum absolute atomic E-state index is 8.06. The van der Waals surface area contributed by atoms with Gasteiger partial charge < -0.3 is 5.73 Å². The zero-order chi connectivity index (χ0) is 31.4. The van der Waals surface area contributed by atoms with Gasteiger partial charge in [0.15, 0.2) is 0 Å². The highest BCUT2D eigenvalue weighted by molar-refractivity contribution is 7.18. The molecule has 25 aliphatic carbocycles. The first kappa shape index (κ1) is 21.5. The fraction of sp³-hybridized carbons (Fsp3) is 1.00. The van der Waals surface area contributed by atoms with Crippen molar-refractivity contribution in [3.63, 3.8) is 0 Å². The molecule has 0 heterocycles. The third-order valence-electron chi connectivity index (χ3n) is 37.9. The van der Waals surface area contributed by atoms with E-state index in [0.717, 1.165) is 123 Å². The molecule has 0 aromatic carbocycles. The first-order chi connectivity index (χ1) is 23.2. The summed E-state index contributed by atoms with van der Waals surface area (Å²) in [6.45, 7) is 27.4. The van der Waals surface area contributed by atoms with Crippen LogP contribution in [-0.2, 0) is 0 Å². The van der Waals surface area contributed by atoms with Crippen LogP contribution in [0.3, 0.4) is 0 Å². The van der Waals surface area contributed by atoms with E-state index in [0.29, 0.717) is 54.8 Å². The minimum atomic E-state index is 0.545. The summed E-state index contributed by atoms with van der Waals surface area (Å²) >= 11 is 0. The highest BCUT2D eigenvalue weighted by Gasteiger charge is 3.61. The molecule has 0 radical (unpaired) electrons. The second kappa shape index (κ2) is 3.38. The van der Waals surface area contributed by atoms with Gasteiger partial charge in [0.1, 0.15) is 0 Å². The standard InChI is InChI=1S/C47H48NP/c1-12-18-14-10-16-20-22-34-23(48)24(49)35(34)21-17-11-15-19-13(2)26(4)28(6)30(8)31(9)29(7)27(5)25(12,3)36(18)32(14,16)38(20)40(22)43(29,41(27,36)38)45(31)44(30)42(28)37(19,26)33(15,17)39(21,42)47(35,44)46(34,40)45/h12-24H,10-11,48-49H2,1-9H3. The first-order valence-corrected chi connectivity index (χ1v) is 23.4. The molecule has 0 aromatic rings. The van der Waals surface area contributed by atoms with Gasteiger partial charge in [-0.15, -0.1) is 9.24 Å². The molecule has 1 nitrogen and oxygen atoms in total. The molecule has 0 amide bonds. The third-order valence-corrected chi connectivity index (χ3v) is 38.8. The Labute approximate surface area is 290 Å². The van der Waals surface area contributed by atoms with Gasteiger partial charge in [0, 0.05) is 16.9 Å². The fourth-order valence-corrected chi connectivity index (χ4v) is 45.9. The van der Waals surface area contributed by atoms with Gasteiger partial charge in [-0.25, -0.2) is 0 Å². The molecule has 0 saturated heterocycles. The molecule has 246 valence electrons. The van der Waals surface area contributed by atoms with Gasteiger partial charge >= 0.3 is 0 Å². The van der Waals surface area contributed by atoms with Crippen LogP contribution in [-0.4, -0.2) is 11.7 Å². The molecule has 25 rings (SSSR count). The van der Waals surface area contributed by atoms with Crippen LogP contribution in [0.1, 0.15) is 75.2 Å². The summed E-state index contributed by atoms with van der Waals surface area (Å²) in [5.74, 6) is 12.5. The minimum absolute atomic E-state index is 0.545. The Morgan fingerprint density at radius 3 is 1.59 bits per heavy atom. The fourth-order valence-electron chi connectivity index (χ4n) is 44.9. The van der Waals surface area contributed by atoms with Gasteiger partial charge in [0.2, 0.25) is 0 Å². The van der Waals surface area contributed by atoms with E-state index in [4.69, 9.17) is 5.73 Å². The summed E-state index contributed by atoms with van der Waals surface area (Å²) in [6, 6.07) is 0.545. The van der Waals surface area contributed by atoms with Crippen molar-refractivity contribution >= 4 is 9.24 Å². The SMILES string of the molecule is CC1C2C3CC4C5C6C78C(N)C(P)C79C7C%10CC%11C%12C(C)C%13(C)C%14(C)C%15(C)C%16(C)C%17(C)C%18(C)C1(C)C21C34C52C63C84C95C76C%11%10C%12%13C%146C%155C%164C%173C%1812.